The van der Waals surface area contributed by atoms with Crippen LogP contribution >= 0.6 is 10.7 Å². The van der Waals surface area contributed by atoms with Crippen LogP contribution in [0.5, 0.6) is 0 Å². The predicted molar refractivity (Wildman–Crippen MR) is 74.0 cm³/mol. The Morgan fingerprint density at radius 1 is 1.00 bits per heavy atom. The van der Waals surface area contributed by atoms with Crippen molar-refractivity contribution in [1.29, 1.82) is 0 Å². The minimum absolute atomic E-state index is 0.314. The molecule has 0 N–H and O–H groups in total. The van der Waals surface area contributed by atoms with Gasteiger partial charge in [0.1, 0.15) is 0 Å². The first-order chi connectivity index (χ1) is 10.3. The standard InChI is InChI=1S/C10H3ClN6O4S/c11-22(20,21)5-3-1-2-4-6(5)7(14-16-12)8(15-17-13)10(19)9(4)18/h1-3H. The van der Waals surface area contributed by atoms with Gasteiger partial charge < -0.3 is 0 Å². The molecule has 22 heavy (non-hydrogen) atoms. The van der Waals surface area contributed by atoms with Crippen LogP contribution in [0.4, 0.5) is 0 Å². The second kappa shape index (κ2) is 5.51. The minimum Gasteiger partial charge on any atom is -0.285 e. The van der Waals surface area contributed by atoms with Crippen molar-refractivity contribution in [3.63, 3.8) is 0 Å². The summed E-state index contributed by atoms with van der Waals surface area (Å²) in [7, 11) is 0.967. The van der Waals surface area contributed by atoms with Crippen molar-refractivity contribution >= 4 is 37.0 Å². The molecule has 12 heteroatoms. The smallest absolute Gasteiger partial charge is 0.261 e. The number of halogens is 1. The van der Waals surface area contributed by atoms with Gasteiger partial charge in [-0.25, -0.2) is 8.42 Å². The monoisotopic (exact) mass is 338 g/mol. The highest BCUT2D eigenvalue weighted by Crippen LogP contribution is 2.37. The fourth-order valence-corrected chi connectivity index (χ4v) is 2.98. The first kappa shape index (κ1) is 15.5. The zero-order valence-corrected chi connectivity index (χ0v) is 11.9. The summed E-state index contributed by atoms with van der Waals surface area (Å²) in [6.07, 6.45) is 0. The van der Waals surface area contributed by atoms with Crippen molar-refractivity contribution in [2.75, 3.05) is 0 Å². The van der Waals surface area contributed by atoms with Gasteiger partial charge in [-0.2, -0.15) is 0 Å². The molecule has 110 valence electrons. The van der Waals surface area contributed by atoms with Gasteiger partial charge in [0.15, 0.2) is 0 Å². The molecule has 10 nitrogen and oxygen atoms in total. The van der Waals surface area contributed by atoms with Gasteiger partial charge in [0.05, 0.1) is 16.3 Å². The lowest BCUT2D eigenvalue weighted by Crippen LogP contribution is -2.23. The van der Waals surface area contributed by atoms with Crippen molar-refractivity contribution in [1.82, 2.24) is 0 Å². The molecule has 1 aromatic rings. The van der Waals surface area contributed by atoms with Crippen LogP contribution in [0, 0.1) is 0 Å². The van der Waals surface area contributed by atoms with Crippen molar-refractivity contribution in [3.8, 4) is 0 Å². The van der Waals surface area contributed by atoms with E-state index in [1.807, 2.05) is 0 Å². The van der Waals surface area contributed by atoms with E-state index in [1.165, 1.54) is 12.1 Å². The lowest BCUT2D eigenvalue weighted by molar-refractivity contribution is -0.111. The Morgan fingerprint density at radius 3 is 2.14 bits per heavy atom. The maximum Gasteiger partial charge on any atom is 0.261 e. The van der Waals surface area contributed by atoms with E-state index in [0.717, 1.165) is 6.07 Å². The molecule has 1 aliphatic carbocycles. The Balaban J connectivity index is 3.07. The van der Waals surface area contributed by atoms with Crippen LogP contribution in [-0.2, 0) is 13.8 Å². The molecular weight excluding hydrogens is 336 g/mol. The molecule has 0 amide bonds. The van der Waals surface area contributed by atoms with Gasteiger partial charge in [-0.3, -0.25) is 9.59 Å². The Labute approximate surface area is 126 Å². The number of hydrogen-bond acceptors (Lipinski definition) is 6. The normalized spacial score (nSPS) is 14.0. The van der Waals surface area contributed by atoms with Crippen LogP contribution < -0.4 is 0 Å². The lowest BCUT2D eigenvalue weighted by atomic mass is 9.91. The molecule has 0 spiro atoms. The van der Waals surface area contributed by atoms with Gasteiger partial charge in [0.2, 0.25) is 11.6 Å². The summed E-state index contributed by atoms with van der Waals surface area (Å²) in [6, 6.07) is 3.43. The largest absolute Gasteiger partial charge is 0.285 e. The van der Waals surface area contributed by atoms with Crippen molar-refractivity contribution in [3.05, 3.63) is 55.9 Å². The van der Waals surface area contributed by atoms with Gasteiger partial charge in [-0.05, 0) is 17.1 Å². The number of Topliss-reactive ketones (excluding diaryl/α,β-unsaturated/α-hetero) is 2. The number of benzene rings is 1. The summed E-state index contributed by atoms with van der Waals surface area (Å²) >= 11 is 0. The van der Waals surface area contributed by atoms with E-state index in [0.29, 0.717) is 0 Å². The summed E-state index contributed by atoms with van der Waals surface area (Å²) in [5.41, 5.74) is 15.0. The Hall–Kier alpha value is -2.84. The molecule has 1 aromatic carbocycles. The SMILES string of the molecule is [N-]=[N+]=NC1=C(N=[N+]=[N-])c2c(cccc2S(=O)(=O)Cl)C(=O)C1=O. The van der Waals surface area contributed by atoms with E-state index in [2.05, 4.69) is 20.1 Å². The highest BCUT2D eigenvalue weighted by Gasteiger charge is 2.35. The molecule has 0 atom stereocenters. The second-order valence-electron chi connectivity index (χ2n) is 3.85. The molecular formula is C10H3ClN6O4S. The average molecular weight is 339 g/mol. The third-order valence-electron chi connectivity index (χ3n) is 2.71. The zero-order valence-electron chi connectivity index (χ0n) is 10.3. The van der Waals surface area contributed by atoms with Crippen LogP contribution in [0.1, 0.15) is 15.9 Å². The number of allylic oxidation sites excluding steroid dienone is 1. The molecule has 0 radical (unpaired) electrons. The third-order valence-corrected chi connectivity index (χ3v) is 4.07. The van der Waals surface area contributed by atoms with Gasteiger partial charge in [-0.1, -0.05) is 22.4 Å². The van der Waals surface area contributed by atoms with Gasteiger partial charge in [-0.15, -0.1) is 0 Å². The highest BCUT2D eigenvalue weighted by atomic mass is 35.7. The maximum absolute atomic E-state index is 12.0. The van der Waals surface area contributed by atoms with Crippen molar-refractivity contribution in [2.24, 2.45) is 10.2 Å². The van der Waals surface area contributed by atoms with Crippen molar-refractivity contribution in [2.45, 2.75) is 4.90 Å². The summed E-state index contributed by atoms with van der Waals surface area (Å²) in [6.45, 7) is 0. The van der Waals surface area contributed by atoms with E-state index in [-0.39, 0.29) is 11.1 Å². The van der Waals surface area contributed by atoms with Gasteiger partial charge >= 0.3 is 0 Å². The zero-order chi connectivity index (χ0) is 16.5. The molecule has 0 bridgehead atoms. The molecule has 1 aliphatic rings. The number of nitrogens with zero attached hydrogens (tertiary/aromatic N) is 6. The molecule has 0 unspecified atom stereocenters. The quantitative estimate of drug-likeness (QED) is 0.272. The van der Waals surface area contributed by atoms with E-state index in [4.69, 9.17) is 21.7 Å². The molecule has 0 aromatic heterocycles. The lowest BCUT2D eigenvalue weighted by Gasteiger charge is -2.18. The first-order valence-electron chi connectivity index (χ1n) is 5.34. The summed E-state index contributed by atoms with van der Waals surface area (Å²) in [4.78, 5) is 28.2. The second-order valence-corrected chi connectivity index (χ2v) is 6.39. The van der Waals surface area contributed by atoms with Crippen LogP contribution in [0.15, 0.2) is 39.0 Å². The number of ketones is 2. The predicted octanol–water partition coefficient (Wildman–Crippen LogP) is 2.67. The van der Waals surface area contributed by atoms with E-state index >= 15 is 0 Å². The number of hydrogen-bond donors (Lipinski definition) is 0. The van der Waals surface area contributed by atoms with Gasteiger partial charge in [0.25, 0.3) is 9.05 Å². The first-order valence-corrected chi connectivity index (χ1v) is 7.65. The summed E-state index contributed by atoms with van der Waals surface area (Å²) < 4.78 is 23.2. The fraction of sp³-hybridized carbons (Fsp3) is 0. The minimum atomic E-state index is -4.32. The number of fused-ring (bicyclic) bond motifs is 1. The van der Waals surface area contributed by atoms with E-state index in [9.17, 15) is 18.0 Å². The molecule has 2 rings (SSSR count). The van der Waals surface area contributed by atoms with Crippen molar-refractivity contribution < 1.29 is 18.0 Å². The number of carbonyl (C=O) groups excluding carboxylic acids is 2. The van der Waals surface area contributed by atoms with E-state index < -0.39 is 36.9 Å². The average Bonchev–Trinajstić information content (AvgIpc) is 2.46. The van der Waals surface area contributed by atoms with Crippen LogP contribution in [0.2, 0.25) is 0 Å². The topological polar surface area (TPSA) is 166 Å². The molecule has 0 aliphatic heterocycles. The molecule has 0 fully saturated rings. The Bertz CT molecular complexity index is 954. The molecule has 0 heterocycles. The Morgan fingerprint density at radius 2 is 1.59 bits per heavy atom. The number of azide groups is 2. The van der Waals surface area contributed by atoms with Crippen LogP contribution in [0.3, 0.4) is 0 Å². The maximum atomic E-state index is 12.0. The number of rotatable bonds is 3. The van der Waals surface area contributed by atoms with Crippen LogP contribution in [-0.4, -0.2) is 20.0 Å². The third kappa shape index (κ3) is 2.41. The van der Waals surface area contributed by atoms with Gasteiger partial charge in [0, 0.05) is 31.6 Å². The molecule has 0 saturated carbocycles. The number of carbonyl (C=O) groups is 2. The fourth-order valence-electron chi connectivity index (χ4n) is 1.90. The Kier molecular flexibility index (Phi) is 3.89. The van der Waals surface area contributed by atoms with E-state index in [1.54, 1.807) is 0 Å². The highest BCUT2D eigenvalue weighted by molar-refractivity contribution is 8.13. The summed E-state index contributed by atoms with van der Waals surface area (Å²) in [5.74, 6) is -2.31. The summed E-state index contributed by atoms with van der Waals surface area (Å²) in [5, 5.41) is 6.21. The molecule has 0 saturated heterocycles. The van der Waals surface area contributed by atoms with Crippen LogP contribution in [0.25, 0.3) is 26.6 Å².